The molecule has 0 bridgehead atoms. The van der Waals surface area contributed by atoms with Gasteiger partial charge in [-0.15, -0.1) is 0 Å². The van der Waals surface area contributed by atoms with E-state index in [9.17, 15) is 22.8 Å². The van der Waals surface area contributed by atoms with E-state index in [1.165, 1.54) is 56.3 Å². The Kier molecular flexibility index (Phi) is 6.13. The fourth-order valence-corrected chi connectivity index (χ4v) is 3.94. The molecule has 0 atom stereocenters. The number of fused-ring (bicyclic) bond motifs is 1. The zero-order valence-corrected chi connectivity index (χ0v) is 18.4. The maximum atomic E-state index is 12.6. The molecule has 0 amide bonds. The summed E-state index contributed by atoms with van der Waals surface area (Å²) in [6, 6.07) is 5.40. The Hall–Kier alpha value is -3.25. The van der Waals surface area contributed by atoms with Gasteiger partial charge in [0.1, 0.15) is 0 Å². The average Bonchev–Trinajstić information content (AvgIpc) is 3.13. The van der Waals surface area contributed by atoms with E-state index in [4.69, 9.17) is 4.74 Å². The first-order valence-corrected chi connectivity index (χ1v) is 10.8. The van der Waals surface area contributed by atoms with Gasteiger partial charge in [-0.25, -0.2) is 27.3 Å². The molecule has 0 radical (unpaired) electrons. The van der Waals surface area contributed by atoms with Crippen molar-refractivity contribution in [2.75, 3.05) is 20.7 Å². The van der Waals surface area contributed by atoms with Crippen LogP contribution in [0.2, 0.25) is 0 Å². The highest BCUT2D eigenvalue weighted by molar-refractivity contribution is 7.89. The predicted octanol–water partition coefficient (Wildman–Crippen LogP) is -0.0689. The highest BCUT2D eigenvalue weighted by Gasteiger charge is 2.18. The summed E-state index contributed by atoms with van der Waals surface area (Å²) >= 11 is 0. The van der Waals surface area contributed by atoms with Gasteiger partial charge in [-0.05, 0) is 30.7 Å². The van der Waals surface area contributed by atoms with Crippen molar-refractivity contribution in [1.29, 1.82) is 0 Å². The Labute approximate surface area is 178 Å². The van der Waals surface area contributed by atoms with Crippen LogP contribution in [-0.4, -0.2) is 58.1 Å². The van der Waals surface area contributed by atoms with Crippen molar-refractivity contribution < 1.29 is 17.9 Å². The van der Waals surface area contributed by atoms with Gasteiger partial charge in [-0.3, -0.25) is 13.9 Å². The van der Waals surface area contributed by atoms with Crippen LogP contribution in [0.1, 0.15) is 16.8 Å². The standard InChI is InChI=1S/C19H23N5O6S/c1-21(2)31(28,29)14-8-6-13(7-9-14)18(26)30-11-5-10-24-17(25)15-16(20-12-22(15)3)23(4)19(24)27/h6-9,12H,5,10-11H2,1-4H3. The highest BCUT2D eigenvalue weighted by atomic mass is 32.2. The minimum atomic E-state index is -3.59. The number of aryl methyl sites for hydroxylation is 2. The first kappa shape index (κ1) is 22.4. The lowest BCUT2D eigenvalue weighted by molar-refractivity contribution is 0.0495. The van der Waals surface area contributed by atoms with Crippen LogP contribution >= 0.6 is 0 Å². The maximum Gasteiger partial charge on any atom is 0.338 e. The van der Waals surface area contributed by atoms with Crippen molar-refractivity contribution in [1.82, 2.24) is 23.0 Å². The summed E-state index contributed by atoms with van der Waals surface area (Å²) in [5, 5.41) is 0. The Bertz CT molecular complexity index is 1350. The fourth-order valence-electron chi connectivity index (χ4n) is 3.04. The number of hydrogen-bond acceptors (Lipinski definition) is 7. The number of nitrogens with zero attached hydrogens (tertiary/aromatic N) is 5. The molecule has 12 heteroatoms. The van der Waals surface area contributed by atoms with Crippen LogP contribution in [0.3, 0.4) is 0 Å². The summed E-state index contributed by atoms with van der Waals surface area (Å²) in [6.07, 6.45) is 1.71. The lowest BCUT2D eigenvalue weighted by atomic mass is 10.2. The van der Waals surface area contributed by atoms with Crippen molar-refractivity contribution in [3.63, 3.8) is 0 Å². The van der Waals surface area contributed by atoms with Crippen molar-refractivity contribution >= 4 is 27.2 Å². The molecule has 166 valence electrons. The molecule has 3 rings (SSSR count). The van der Waals surface area contributed by atoms with Crippen LogP contribution in [0.25, 0.3) is 11.2 Å². The topological polar surface area (TPSA) is 126 Å². The van der Waals surface area contributed by atoms with E-state index in [1.807, 2.05) is 0 Å². The molecule has 1 aromatic carbocycles. The molecule has 0 aliphatic heterocycles. The Morgan fingerprint density at radius 1 is 1.13 bits per heavy atom. The van der Waals surface area contributed by atoms with Gasteiger partial charge in [0.15, 0.2) is 11.2 Å². The third-order valence-corrected chi connectivity index (χ3v) is 6.66. The minimum absolute atomic E-state index is 0.0183. The summed E-state index contributed by atoms with van der Waals surface area (Å²) in [6.45, 7) is 0.0511. The summed E-state index contributed by atoms with van der Waals surface area (Å²) in [5.41, 5.74) is -0.142. The quantitative estimate of drug-likeness (QED) is 0.365. The number of carbonyl (C=O) groups is 1. The van der Waals surface area contributed by atoms with Crippen LogP contribution in [0.15, 0.2) is 45.1 Å². The van der Waals surface area contributed by atoms with Gasteiger partial charge in [-0.1, -0.05) is 0 Å². The fraction of sp³-hybridized carbons (Fsp3) is 0.368. The normalized spacial score (nSPS) is 11.9. The number of sulfonamides is 1. The monoisotopic (exact) mass is 449 g/mol. The predicted molar refractivity (Wildman–Crippen MR) is 112 cm³/mol. The lowest BCUT2D eigenvalue weighted by Crippen LogP contribution is -2.39. The third kappa shape index (κ3) is 4.16. The van der Waals surface area contributed by atoms with E-state index in [-0.39, 0.29) is 30.0 Å². The molecule has 2 aromatic heterocycles. The second-order valence-corrected chi connectivity index (χ2v) is 9.28. The van der Waals surface area contributed by atoms with Crippen LogP contribution in [0, 0.1) is 0 Å². The minimum Gasteiger partial charge on any atom is -0.462 e. The molecule has 0 saturated heterocycles. The van der Waals surface area contributed by atoms with Gasteiger partial charge in [-0.2, -0.15) is 0 Å². The van der Waals surface area contributed by atoms with Crippen molar-refractivity contribution in [2.45, 2.75) is 17.9 Å². The number of carbonyl (C=O) groups excluding carboxylic acids is 1. The number of rotatable bonds is 7. The van der Waals surface area contributed by atoms with Crippen LogP contribution in [-0.2, 0) is 35.4 Å². The number of benzene rings is 1. The molecular formula is C19H23N5O6S. The third-order valence-electron chi connectivity index (χ3n) is 4.83. The van der Waals surface area contributed by atoms with E-state index in [2.05, 4.69) is 4.98 Å². The Morgan fingerprint density at radius 2 is 1.77 bits per heavy atom. The molecule has 0 aliphatic rings. The molecule has 0 aliphatic carbocycles. The molecule has 3 aromatic rings. The Morgan fingerprint density at radius 3 is 2.39 bits per heavy atom. The molecule has 0 unspecified atom stereocenters. The molecule has 0 spiro atoms. The smallest absolute Gasteiger partial charge is 0.338 e. The van der Waals surface area contributed by atoms with Crippen LogP contribution in [0.4, 0.5) is 0 Å². The van der Waals surface area contributed by atoms with E-state index < -0.39 is 27.2 Å². The van der Waals surface area contributed by atoms with Crippen molar-refractivity contribution in [2.24, 2.45) is 14.1 Å². The summed E-state index contributed by atoms with van der Waals surface area (Å²) in [4.78, 5) is 41.4. The highest BCUT2D eigenvalue weighted by Crippen LogP contribution is 2.14. The van der Waals surface area contributed by atoms with Crippen molar-refractivity contribution in [3.8, 4) is 0 Å². The number of aromatic nitrogens is 4. The lowest BCUT2D eigenvalue weighted by Gasteiger charge is -2.11. The SMILES string of the molecule is CN(C)S(=O)(=O)c1ccc(C(=O)OCCCn2c(=O)c3c(ncn3C)n(C)c2=O)cc1. The largest absolute Gasteiger partial charge is 0.462 e. The number of hydrogen-bond donors (Lipinski definition) is 0. The second-order valence-electron chi connectivity index (χ2n) is 7.13. The molecule has 31 heavy (non-hydrogen) atoms. The molecule has 0 N–H and O–H groups in total. The zero-order valence-electron chi connectivity index (χ0n) is 17.6. The van der Waals surface area contributed by atoms with Gasteiger partial charge >= 0.3 is 11.7 Å². The molecular weight excluding hydrogens is 426 g/mol. The molecule has 0 fully saturated rings. The summed E-state index contributed by atoms with van der Waals surface area (Å²) < 4.78 is 34.3. The van der Waals surface area contributed by atoms with Crippen LogP contribution < -0.4 is 11.2 Å². The van der Waals surface area contributed by atoms with Crippen LogP contribution in [0.5, 0.6) is 0 Å². The van der Waals surface area contributed by atoms with E-state index >= 15 is 0 Å². The molecule has 0 saturated carbocycles. The number of ether oxygens (including phenoxy) is 1. The number of esters is 1. The second kappa shape index (κ2) is 8.47. The van der Waals surface area contributed by atoms with Gasteiger partial charge in [0.2, 0.25) is 10.0 Å². The van der Waals surface area contributed by atoms with Gasteiger partial charge in [0, 0.05) is 34.7 Å². The average molecular weight is 449 g/mol. The van der Waals surface area contributed by atoms with E-state index in [1.54, 1.807) is 11.6 Å². The number of imidazole rings is 1. The first-order valence-electron chi connectivity index (χ1n) is 9.36. The maximum absolute atomic E-state index is 12.6. The van der Waals surface area contributed by atoms with Gasteiger partial charge in [0.25, 0.3) is 5.56 Å². The first-order chi connectivity index (χ1) is 14.6. The van der Waals surface area contributed by atoms with Gasteiger partial charge in [0.05, 0.1) is 23.4 Å². The summed E-state index contributed by atoms with van der Waals surface area (Å²) in [7, 11) is 2.46. The van der Waals surface area contributed by atoms with Gasteiger partial charge < -0.3 is 9.30 Å². The van der Waals surface area contributed by atoms with E-state index in [0.29, 0.717) is 11.2 Å². The van der Waals surface area contributed by atoms with E-state index in [0.717, 1.165) is 8.87 Å². The molecule has 2 heterocycles. The Balaban J connectivity index is 1.65. The zero-order chi connectivity index (χ0) is 22.9. The summed E-state index contributed by atoms with van der Waals surface area (Å²) in [5.74, 6) is -0.629. The van der Waals surface area contributed by atoms with Crippen molar-refractivity contribution in [3.05, 3.63) is 57.0 Å². The molecule has 11 nitrogen and oxygen atoms in total.